The molecule has 116 valence electrons. The first-order valence-corrected chi connectivity index (χ1v) is 7.91. The van der Waals surface area contributed by atoms with Crippen molar-refractivity contribution in [2.45, 2.75) is 64.3 Å². The van der Waals surface area contributed by atoms with Crippen molar-refractivity contribution in [1.82, 2.24) is 10.6 Å². The van der Waals surface area contributed by atoms with Gasteiger partial charge in [-0.2, -0.15) is 0 Å². The summed E-state index contributed by atoms with van der Waals surface area (Å²) in [7, 11) is 0. The van der Waals surface area contributed by atoms with Crippen LogP contribution in [0.2, 0.25) is 0 Å². The second-order valence-corrected chi connectivity index (χ2v) is 5.71. The SMILES string of the molecule is CCCC(CCN)CCC(=O)NCCC(=O)NC1CC1. The molecular formula is C15H29N3O2. The summed E-state index contributed by atoms with van der Waals surface area (Å²) >= 11 is 0. The standard InChI is InChI=1S/C15H29N3O2/c1-2-3-12(8-10-16)4-7-14(19)17-11-9-15(20)18-13-5-6-13/h12-13H,2-11,16H2,1H3,(H,17,19)(H,18,20). The van der Waals surface area contributed by atoms with E-state index in [1.165, 1.54) is 0 Å². The van der Waals surface area contributed by atoms with E-state index >= 15 is 0 Å². The first kappa shape index (κ1) is 17.0. The molecule has 1 aliphatic carbocycles. The lowest BCUT2D eigenvalue weighted by atomic mass is 9.94. The highest BCUT2D eigenvalue weighted by Crippen LogP contribution is 2.18. The Morgan fingerprint density at radius 2 is 1.90 bits per heavy atom. The zero-order valence-corrected chi connectivity index (χ0v) is 12.6. The Morgan fingerprint density at radius 1 is 1.15 bits per heavy atom. The Bertz CT molecular complexity index is 297. The van der Waals surface area contributed by atoms with E-state index in [1.807, 2.05) is 0 Å². The normalized spacial score (nSPS) is 15.7. The monoisotopic (exact) mass is 283 g/mol. The molecule has 0 aromatic carbocycles. The molecule has 1 rings (SSSR count). The van der Waals surface area contributed by atoms with Crippen molar-refractivity contribution in [3.05, 3.63) is 0 Å². The number of hydrogen-bond acceptors (Lipinski definition) is 3. The van der Waals surface area contributed by atoms with Crippen molar-refractivity contribution in [2.75, 3.05) is 13.1 Å². The quantitative estimate of drug-likeness (QED) is 0.534. The van der Waals surface area contributed by atoms with Gasteiger partial charge in [-0.05, 0) is 38.1 Å². The zero-order chi connectivity index (χ0) is 14.8. The molecule has 0 heterocycles. The molecule has 1 fully saturated rings. The molecule has 0 aromatic heterocycles. The van der Waals surface area contributed by atoms with Crippen molar-refractivity contribution in [2.24, 2.45) is 11.7 Å². The molecule has 0 radical (unpaired) electrons. The van der Waals surface area contributed by atoms with Crippen LogP contribution in [0.15, 0.2) is 0 Å². The summed E-state index contributed by atoms with van der Waals surface area (Å²) in [5.41, 5.74) is 5.58. The Labute approximate surface area is 122 Å². The Hall–Kier alpha value is -1.10. The molecule has 1 unspecified atom stereocenters. The molecule has 1 atom stereocenters. The molecule has 0 spiro atoms. The number of carbonyl (C=O) groups excluding carboxylic acids is 2. The van der Waals surface area contributed by atoms with E-state index in [9.17, 15) is 9.59 Å². The molecular weight excluding hydrogens is 254 g/mol. The summed E-state index contributed by atoms with van der Waals surface area (Å²) in [5, 5.41) is 5.72. The molecule has 0 bridgehead atoms. The van der Waals surface area contributed by atoms with Crippen molar-refractivity contribution in [1.29, 1.82) is 0 Å². The minimum atomic E-state index is 0.0415. The van der Waals surface area contributed by atoms with E-state index in [0.29, 0.717) is 37.9 Å². The predicted octanol–water partition coefficient (Wildman–Crippen LogP) is 1.32. The summed E-state index contributed by atoms with van der Waals surface area (Å²) in [4.78, 5) is 23.1. The molecule has 0 aromatic rings. The second-order valence-electron chi connectivity index (χ2n) is 5.71. The van der Waals surface area contributed by atoms with E-state index in [0.717, 1.165) is 38.5 Å². The lowest BCUT2D eigenvalue weighted by molar-refractivity contribution is -0.122. The Kier molecular flexibility index (Phi) is 8.26. The van der Waals surface area contributed by atoms with Gasteiger partial charge in [-0.1, -0.05) is 19.8 Å². The third kappa shape index (κ3) is 8.15. The summed E-state index contributed by atoms with van der Waals surface area (Å²) in [6.45, 7) is 3.28. The third-order valence-electron chi connectivity index (χ3n) is 3.67. The van der Waals surface area contributed by atoms with Crippen LogP contribution in [-0.4, -0.2) is 30.9 Å². The van der Waals surface area contributed by atoms with Crippen LogP contribution in [0.25, 0.3) is 0 Å². The highest BCUT2D eigenvalue weighted by Gasteiger charge is 2.22. The number of carbonyl (C=O) groups is 2. The van der Waals surface area contributed by atoms with E-state index in [-0.39, 0.29) is 11.8 Å². The molecule has 4 N–H and O–H groups in total. The van der Waals surface area contributed by atoms with Gasteiger partial charge in [0.2, 0.25) is 11.8 Å². The smallest absolute Gasteiger partial charge is 0.221 e. The van der Waals surface area contributed by atoms with Crippen LogP contribution in [0.1, 0.15) is 58.3 Å². The molecule has 0 aliphatic heterocycles. The Balaban J connectivity index is 2.04. The van der Waals surface area contributed by atoms with Crippen LogP contribution in [0.5, 0.6) is 0 Å². The van der Waals surface area contributed by atoms with E-state index < -0.39 is 0 Å². The first-order valence-electron chi connectivity index (χ1n) is 7.91. The molecule has 5 nitrogen and oxygen atoms in total. The maximum atomic E-state index is 11.7. The van der Waals surface area contributed by atoms with E-state index in [2.05, 4.69) is 17.6 Å². The van der Waals surface area contributed by atoms with E-state index in [1.54, 1.807) is 0 Å². The number of nitrogens with two attached hydrogens (primary N) is 1. The zero-order valence-electron chi connectivity index (χ0n) is 12.6. The van der Waals surface area contributed by atoms with Gasteiger partial charge in [0, 0.05) is 25.4 Å². The second kappa shape index (κ2) is 9.75. The van der Waals surface area contributed by atoms with Crippen LogP contribution in [-0.2, 0) is 9.59 Å². The highest BCUT2D eigenvalue weighted by atomic mass is 16.2. The first-order chi connectivity index (χ1) is 9.65. The van der Waals surface area contributed by atoms with Crippen LogP contribution in [0.4, 0.5) is 0 Å². The summed E-state index contributed by atoms with van der Waals surface area (Å²) < 4.78 is 0. The summed E-state index contributed by atoms with van der Waals surface area (Å²) in [5.74, 6) is 0.635. The van der Waals surface area contributed by atoms with Crippen molar-refractivity contribution in [3.8, 4) is 0 Å². The molecule has 5 heteroatoms. The number of rotatable bonds is 11. The van der Waals surface area contributed by atoms with Gasteiger partial charge in [0.1, 0.15) is 0 Å². The molecule has 0 saturated heterocycles. The van der Waals surface area contributed by atoms with Gasteiger partial charge >= 0.3 is 0 Å². The topological polar surface area (TPSA) is 84.2 Å². The lowest BCUT2D eigenvalue weighted by Gasteiger charge is -2.14. The van der Waals surface area contributed by atoms with Crippen molar-refractivity contribution < 1.29 is 9.59 Å². The number of hydrogen-bond donors (Lipinski definition) is 3. The van der Waals surface area contributed by atoms with Gasteiger partial charge in [0.25, 0.3) is 0 Å². The maximum absolute atomic E-state index is 11.7. The molecule has 20 heavy (non-hydrogen) atoms. The fraction of sp³-hybridized carbons (Fsp3) is 0.867. The average Bonchev–Trinajstić information content (AvgIpc) is 3.20. The highest BCUT2D eigenvalue weighted by molar-refractivity contribution is 5.79. The van der Waals surface area contributed by atoms with Crippen LogP contribution >= 0.6 is 0 Å². The summed E-state index contributed by atoms with van der Waals surface area (Å²) in [6.07, 6.45) is 7.26. The fourth-order valence-electron chi connectivity index (χ4n) is 2.34. The van der Waals surface area contributed by atoms with Gasteiger partial charge in [-0.15, -0.1) is 0 Å². The minimum Gasteiger partial charge on any atom is -0.356 e. The average molecular weight is 283 g/mol. The van der Waals surface area contributed by atoms with Gasteiger partial charge in [0.05, 0.1) is 0 Å². The van der Waals surface area contributed by atoms with E-state index in [4.69, 9.17) is 5.73 Å². The Morgan fingerprint density at radius 3 is 2.50 bits per heavy atom. The maximum Gasteiger partial charge on any atom is 0.221 e. The van der Waals surface area contributed by atoms with Gasteiger partial charge < -0.3 is 16.4 Å². The van der Waals surface area contributed by atoms with Crippen molar-refractivity contribution in [3.63, 3.8) is 0 Å². The van der Waals surface area contributed by atoms with Crippen LogP contribution < -0.4 is 16.4 Å². The number of nitrogens with one attached hydrogen (secondary N) is 2. The number of amides is 2. The molecule has 2 amide bonds. The largest absolute Gasteiger partial charge is 0.356 e. The van der Waals surface area contributed by atoms with Crippen LogP contribution in [0, 0.1) is 5.92 Å². The minimum absolute atomic E-state index is 0.0415. The summed E-state index contributed by atoms with van der Waals surface area (Å²) in [6, 6.07) is 0.393. The third-order valence-corrected chi connectivity index (χ3v) is 3.67. The van der Waals surface area contributed by atoms with Crippen molar-refractivity contribution >= 4 is 11.8 Å². The van der Waals surface area contributed by atoms with Gasteiger partial charge in [-0.3, -0.25) is 9.59 Å². The van der Waals surface area contributed by atoms with Gasteiger partial charge in [-0.25, -0.2) is 0 Å². The fourth-order valence-corrected chi connectivity index (χ4v) is 2.34. The predicted molar refractivity (Wildman–Crippen MR) is 80.1 cm³/mol. The molecule has 1 saturated carbocycles. The van der Waals surface area contributed by atoms with Gasteiger partial charge in [0.15, 0.2) is 0 Å². The molecule has 1 aliphatic rings. The van der Waals surface area contributed by atoms with Crippen LogP contribution in [0.3, 0.4) is 0 Å². The lowest BCUT2D eigenvalue weighted by Crippen LogP contribution is -2.31.